The molecule has 35 heavy (non-hydrogen) atoms. The van der Waals surface area contributed by atoms with Gasteiger partial charge in [-0.05, 0) is 61.7 Å². The third-order valence-electron chi connectivity index (χ3n) is 6.67. The normalized spacial score (nSPS) is 14.9. The summed E-state index contributed by atoms with van der Waals surface area (Å²) >= 11 is 0. The number of aromatic nitrogens is 4. The molecular formula is C26H28N6O2S. The summed E-state index contributed by atoms with van der Waals surface area (Å²) in [5, 5.41) is 13.3. The van der Waals surface area contributed by atoms with Gasteiger partial charge in [-0.2, -0.15) is 9.40 Å². The van der Waals surface area contributed by atoms with Crippen molar-refractivity contribution in [2.45, 2.75) is 25.7 Å². The molecule has 0 unspecified atom stereocenters. The summed E-state index contributed by atoms with van der Waals surface area (Å²) in [6, 6.07) is 20.8. The molecule has 1 aliphatic rings. The van der Waals surface area contributed by atoms with Gasteiger partial charge in [-0.3, -0.25) is 0 Å². The first-order valence-corrected chi connectivity index (χ1v) is 13.1. The van der Waals surface area contributed by atoms with E-state index in [0.29, 0.717) is 36.9 Å². The molecule has 9 heteroatoms. The Morgan fingerprint density at radius 1 is 0.714 bits per heavy atom. The molecule has 0 spiro atoms. The van der Waals surface area contributed by atoms with Crippen LogP contribution in [-0.2, 0) is 10.0 Å². The third-order valence-corrected chi connectivity index (χ3v) is 8.58. The minimum Gasteiger partial charge on any atom is -0.352 e. The second-order valence-corrected chi connectivity index (χ2v) is 10.7. The van der Waals surface area contributed by atoms with Crippen LogP contribution in [0.4, 0.5) is 5.82 Å². The van der Waals surface area contributed by atoms with E-state index in [1.54, 1.807) is 21.1 Å². The lowest BCUT2D eigenvalue weighted by Gasteiger charge is -2.34. The lowest BCUT2D eigenvalue weighted by atomic mass is 10.1. The van der Waals surface area contributed by atoms with Gasteiger partial charge in [-0.25, -0.2) is 13.1 Å². The van der Waals surface area contributed by atoms with E-state index in [-0.39, 0.29) is 0 Å². The van der Waals surface area contributed by atoms with Crippen LogP contribution in [-0.4, -0.2) is 58.9 Å². The molecular weight excluding hydrogens is 460 g/mol. The van der Waals surface area contributed by atoms with E-state index in [1.807, 2.05) is 75.4 Å². The van der Waals surface area contributed by atoms with E-state index in [1.165, 1.54) is 0 Å². The number of nitrogens with zero attached hydrogens (tertiary/aromatic N) is 6. The van der Waals surface area contributed by atoms with Crippen molar-refractivity contribution in [3.63, 3.8) is 0 Å². The van der Waals surface area contributed by atoms with E-state index >= 15 is 0 Å². The van der Waals surface area contributed by atoms with Crippen LogP contribution >= 0.6 is 0 Å². The molecule has 2 aromatic heterocycles. The van der Waals surface area contributed by atoms with Crippen LogP contribution in [0.3, 0.4) is 0 Å². The lowest BCUT2D eigenvalue weighted by molar-refractivity contribution is 0.383. The Labute approximate surface area is 205 Å². The van der Waals surface area contributed by atoms with E-state index < -0.39 is 10.0 Å². The van der Waals surface area contributed by atoms with E-state index in [0.717, 1.165) is 33.9 Å². The fraction of sp³-hybridized carbons (Fsp3) is 0.269. The number of anilines is 1. The maximum absolute atomic E-state index is 13.2. The molecule has 1 fully saturated rings. The van der Waals surface area contributed by atoms with Crippen LogP contribution in [0.5, 0.6) is 0 Å². The fourth-order valence-electron chi connectivity index (χ4n) is 4.30. The van der Waals surface area contributed by atoms with Crippen molar-refractivity contribution in [2.24, 2.45) is 0 Å². The van der Waals surface area contributed by atoms with Crippen LogP contribution in [0.15, 0.2) is 71.6 Å². The maximum atomic E-state index is 13.2. The van der Waals surface area contributed by atoms with Crippen molar-refractivity contribution in [3.8, 4) is 16.9 Å². The molecule has 4 aromatic rings. The molecule has 5 rings (SSSR count). The number of benzene rings is 2. The average Bonchev–Trinajstić information content (AvgIpc) is 3.16. The van der Waals surface area contributed by atoms with Crippen LogP contribution in [0.1, 0.15) is 17.0 Å². The maximum Gasteiger partial charge on any atom is 0.243 e. The Bertz CT molecular complexity index is 1420. The number of sulfonamides is 1. The second kappa shape index (κ2) is 9.24. The van der Waals surface area contributed by atoms with Crippen molar-refractivity contribution in [2.75, 3.05) is 31.1 Å². The molecule has 8 nitrogen and oxygen atoms in total. The van der Waals surface area contributed by atoms with Crippen molar-refractivity contribution in [1.29, 1.82) is 0 Å². The van der Waals surface area contributed by atoms with E-state index in [2.05, 4.69) is 20.2 Å². The monoisotopic (exact) mass is 488 g/mol. The van der Waals surface area contributed by atoms with Gasteiger partial charge in [0.2, 0.25) is 10.0 Å². The van der Waals surface area contributed by atoms with Crippen LogP contribution in [0.2, 0.25) is 0 Å². The first kappa shape index (κ1) is 23.2. The van der Waals surface area contributed by atoms with E-state index in [9.17, 15) is 8.42 Å². The molecule has 2 aromatic carbocycles. The predicted octanol–water partition coefficient (Wildman–Crippen LogP) is 3.77. The minimum absolute atomic E-state index is 0.315. The van der Waals surface area contributed by atoms with Gasteiger partial charge in [0.15, 0.2) is 11.6 Å². The summed E-state index contributed by atoms with van der Waals surface area (Å²) in [5.41, 5.74) is 5.21. The van der Waals surface area contributed by atoms with E-state index in [4.69, 9.17) is 0 Å². The Morgan fingerprint density at radius 3 is 1.89 bits per heavy atom. The standard InChI is InChI=1S/C26H28N6O2S/c1-19-20(2)29-32(21(19)3)26-14-13-25(27-28-26)30-15-17-31(18-16-30)35(33,34)24-11-9-23(10-12-24)22-7-5-4-6-8-22/h4-14H,15-18H2,1-3H3. The highest BCUT2D eigenvalue weighted by atomic mass is 32.2. The topological polar surface area (TPSA) is 84.2 Å². The van der Waals surface area contributed by atoms with Crippen molar-refractivity contribution in [3.05, 3.63) is 83.7 Å². The summed E-state index contributed by atoms with van der Waals surface area (Å²) in [7, 11) is -3.56. The number of hydrogen-bond acceptors (Lipinski definition) is 6. The van der Waals surface area contributed by atoms with Crippen LogP contribution < -0.4 is 4.90 Å². The zero-order valence-corrected chi connectivity index (χ0v) is 20.9. The van der Waals surface area contributed by atoms with Crippen molar-refractivity contribution < 1.29 is 8.42 Å². The Kier molecular flexibility index (Phi) is 6.12. The van der Waals surface area contributed by atoms with Crippen molar-refractivity contribution >= 4 is 15.8 Å². The molecule has 1 aliphatic heterocycles. The third kappa shape index (κ3) is 4.44. The summed E-state index contributed by atoms with van der Waals surface area (Å²) in [4.78, 5) is 2.38. The van der Waals surface area contributed by atoms with Gasteiger partial charge in [0.1, 0.15) is 0 Å². The van der Waals surface area contributed by atoms with Gasteiger partial charge in [-0.1, -0.05) is 42.5 Å². The summed E-state index contributed by atoms with van der Waals surface area (Å²) < 4.78 is 29.8. The molecule has 0 N–H and O–H groups in total. The quantitative estimate of drug-likeness (QED) is 0.425. The number of piperazine rings is 1. The molecule has 0 aliphatic carbocycles. The Morgan fingerprint density at radius 2 is 1.31 bits per heavy atom. The van der Waals surface area contributed by atoms with Gasteiger partial charge in [-0.15, -0.1) is 10.2 Å². The molecule has 180 valence electrons. The summed E-state index contributed by atoms with van der Waals surface area (Å²) in [6.45, 7) is 7.92. The predicted molar refractivity (Wildman–Crippen MR) is 136 cm³/mol. The number of aryl methyl sites for hydroxylation is 1. The van der Waals surface area contributed by atoms with Crippen LogP contribution in [0, 0.1) is 20.8 Å². The lowest BCUT2D eigenvalue weighted by Crippen LogP contribution is -2.49. The zero-order valence-electron chi connectivity index (χ0n) is 20.1. The molecule has 0 bridgehead atoms. The fourth-order valence-corrected chi connectivity index (χ4v) is 5.72. The first-order valence-electron chi connectivity index (χ1n) is 11.6. The molecule has 3 heterocycles. The smallest absolute Gasteiger partial charge is 0.243 e. The molecule has 0 saturated carbocycles. The Balaban J connectivity index is 1.25. The SMILES string of the molecule is Cc1nn(-c2ccc(N3CCN(S(=O)(=O)c4ccc(-c5ccccc5)cc4)CC3)nn2)c(C)c1C. The highest BCUT2D eigenvalue weighted by Gasteiger charge is 2.29. The number of hydrogen-bond donors (Lipinski definition) is 0. The van der Waals surface area contributed by atoms with Gasteiger partial charge in [0.05, 0.1) is 10.6 Å². The molecule has 0 atom stereocenters. The second-order valence-electron chi connectivity index (χ2n) is 8.74. The largest absolute Gasteiger partial charge is 0.352 e. The summed E-state index contributed by atoms with van der Waals surface area (Å²) in [6.07, 6.45) is 0. The minimum atomic E-state index is -3.56. The number of rotatable bonds is 5. The van der Waals surface area contributed by atoms with Gasteiger partial charge in [0.25, 0.3) is 0 Å². The van der Waals surface area contributed by atoms with Gasteiger partial charge < -0.3 is 4.90 Å². The van der Waals surface area contributed by atoms with Crippen LogP contribution in [0.25, 0.3) is 16.9 Å². The molecule has 1 saturated heterocycles. The first-order chi connectivity index (χ1) is 16.8. The highest BCUT2D eigenvalue weighted by molar-refractivity contribution is 7.89. The highest BCUT2D eigenvalue weighted by Crippen LogP contribution is 2.24. The summed E-state index contributed by atoms with van der Waals surface area (Å²) in [5.74, 6) is 1.40. The van der Waals surface area contributed by atoms with Gasteiger partial charge in [0, 0.05) is 31.9 Å². The Hall–Kier alpha value is -3.56. The van der Waals surface area contributed by atoms with Crippen molar-refractivity contribution in [1.82, 2.24) is 24.3 Å². The molecule has 0 amide bonds. The zero-order chi connectivity index (χ0) is 24.6. The van der Waals surface area contributed by atoms with Gasteiger partial charge >= 0.3 is 0 Å². The molecule has 0 radical (unpaired) electrons. The average molecular weight is 489 g/mol.